The first-order valence-electron chi connectivity index (χ1n) is 12.9. The molecule has 0 spiro atoms. The summed E-state index contributed by atoms with van der Waals surface area (Å²) in [4.78, 5) is 42.7. The number of rotatable bonds is 10. The summed E-state index contributed by atoms with van der Waals surface area (Å²) in [5.74, 6) is 0.170. The van der Waals surface area contributed by atoms with Gasteiger partial charge < -0.3 is 9.47 Å². The summed E-state index contributed by atoms with van der Waals surface area (Å²) >= 11 is 1.17. The number of allylic oxidation sites excluding steroid dienone is 1. The molecule has 204 valence electrons. The maximum atomic E-state index is 13.7. The van der Waals surface area contributed by atoms with Crippen LogP contribution in [0.2, 0.25) is 0 Å². The summed E-state index contributed by atoms with van der Waals surface area (Å²) < 4.78 is 13.2. The monoisotopic (exact) mass is 549 g/mol. The maximum Gasteiger partial charge on any atom is 0.338 e. The van der Waals surface area contributed by atoms with Gasteiger partial charge in [-0.1, -0.05) is 55.4 Å². The molecule has 4 rings (SSSR count). The van der Waals surface area contributed by atoms with E-state index >= 15 is 0 Å². The van der Waals surface area contributed by atoms with E-state index in [4.69, 9.17) is 9.47 Å². The second-order valence-corrected chi connectivity index (χ2v) is 10.5. The van der Waals surface area contributed by atoms with Crippen LogP contribution in [-0.2, 0) is 9.53 Å². The number of nitro groups is 1. The fourth-order valence-corrected chi connectivity index (χ4v) is 5.39. The zero-order valence-electron chi connectivity index (χ0n) is 22.4. The Morgan fingerprint density at radius 1 is 1.21 bits per heavy atom. The van der Waals surface area contributed by atoms with E-state index in [0.29, 0.717) is 38.5 Å². The largest absolute Gasteiger partial charge is 0.494 e. The van der Waals surface area contributed by atoms with Crippen molar-refractivity contribution in [2.24, 2.45) is 4.99 Å². The minimum Gasteiger partial charge on any atom is -0.494 e. The van der Waals surface area contributed by atoms with Crippen LogP contribution in [0.3, 0.4) is 0 Å². The highest BCUT2D eigenvalue weighted by Gasteiger charge is 2.33. The number of unbranched alkanes of at least 4 members (excludes halogenated alkanes) is 2. The molecule has 0 saturated heterocycles. The topological polar surface area (TPSA) is 113 Å². The van der Waals surface area contributed by atoms with Crippen molar-refractivity contribution < 1.29 is 19.2 Å². The van der Waals surface area contributed by atoms with E-state index in [1.54, 1.807) is 39.0 Å². The molecule has 9 nitrogen and oxygen atoms in total. The quantitative estimate of drug-likeness (QED) is 0.157. The maximum absolute atomic E-state index is 13.7. The molecule has 2 aromatic carbocycles. The molecule has 1 atom stereocenters. The van der Waals surface area contributed by atoms with Crippen LogP contribution in [0.4, 0.5) is 5.69 Å². The van der Waals surface area contributed by atoms with Gasteiger partial charge in [0.2, 0.25) is 0 Å². The number of fused-ring (bicyclic) bond motifs is 1. The van der Waals surface area contributed by atoms with Crippen LogP contribution in [0.25, 0.3) is 6.08 Å². The van der Waals surface area contributed by atoms with Gasteiger partial charge in [0.05, 0.1) is 39.5 Å². The van der Waals surface area contributed by atoms with E-state index in [2.05, 4.69) is 11.9 Å². The number of nitro benzene ring substituents is 1. The fourth-order valence-electron chi connectivity index (χ4n) is 4.34. The first-order chi connectivity index (χ1) is 18.7. The van der Waals surface area contributed by atoms with Crippen LogP contribution >= 0.6 is 11.3 Å². The number of esters is 1. The SMILES string of the molecule is CCCCCOc1ccc(C2C(C(=O)OC(C)C)=C(C)N=c3sc(=Cc4cccc([N+](=O)[O-])c4)c(=O)n32)cc1. The van der Waals surface area contributed by atoms with Gasteiger partial charge in [0, 0.05) is 12.1 Å². The molecule has 10 heteroatoms. The molecule has 3 aromatic rings. The van der Waals surface area contributed by atoms with E-state index in [1.807, 2.05) is 24.3 Å². The van der Waals surface area contributed by atoms with E-state index in [1.165, 1.54) is 28.0 Å². The second-order valence-electron chi connectivity index (χ2n) is 9.51. The van der Waals surface area contributed by atoms with Crippen LogP contribution in [0.1, 0.15) is 64.1 Å². The van der Waals surface area contributed by atoms with Crippen molar-refractivity contribution in [3.63, 3.8) is 0 Å². The Balaban J connectivity index is 1.81. The second kappa shape index (κ2) is 12.2. The molecule has 0 radical (unpaired) electrons. The van der Waals surface area contributed by atoms with E-state index < -0.39 is 16.9 Å². The normalized spacial score (nSPS) is 15.2. The fraction of sp³-hybridized carbons (Fsp3) is 0.345. The molecule has 1 unspecified atom stereocenters. The Bertz CT molecular complexity index is 1580. The molecule has 0 aliphatic carbocycles. The lowest BCUT2D eigenvalue weighted by molar-refractivity contribution is -0.384. The molecule has 1 aliphatic rings. The third kappa shape index (κ3) is 6.34. The summed E-state index contributed by atoms with van der Waals surface area (Å²) in [6, 6.07) is 12.7. The molecule has 1 aromatic heterocycles. The van der Waals surface area contributed by atoms with Crippen LogP contribution in [0.15, 0.2) is 69.6 Å². The van der Waals surface area contributed by atoms with Crippen molar-refractivity contribution >= 4 is 29.1 Å². The molecule has 39 heavy (non-hydrogen) atoms. The van der Waals surface area contributed by atoms with Crippen LogP contribution in [-0.4, -0.2) is 28.2 Å². The number of hydrogen-bond donors (Lipinski definition) is 0. The van der Waals surface area contributed by atoms with Crippen molar-refractivity contribution in [3.8, 4) is 5.75 Å². The van der Waals surface area contributed by atoms with E-state index in [0.717, 1.165) is 19.3 Å². The number of nitrogens with zero attached hydrogens (tertiary/aromatic N) is 3. The van der Waals surface area contributed by atoms with Crippen molar-refractivity contribution in [2.75, 3.05) is 6.61 Å². The number of carbonyl (C=O) groups is 1. The molecular weight excluding hydrogens is 518 g/mol. The number of aromatic nitrogens is 1. The van der Waals surface area contributed by atoms with Gasteiger partial charge in [0.25, 0.3) is 11.2 Å². The standard InChI is InChI=1S/C29H31N3O6S/c1-5-6-7-15-37-23-13-11-21(12-14-23)26-25(28(34)38-18(2)3)19(4)30-29-31(26)27(33)24(39-29)17-20-9-8-10-22(16-20)32(35)36/h8-14,16-18,26H,5-7,15H2,1-4H3. The predicted octanol–water partition coefficient (Wildman–Crippen LogP) is 4.66. The molecule has 0 bridgehead atoms. The van der Waals surface area contributed by atoms with Gasteiger partial charge in [-0.2, -0.15) is 0 Å². The molecule has 0 saturated carbocycles. The molecule has 2 heterocycles. The Morgan fingerprint density at radius 2 is 1.95 bits per heavy atom. The number of hydrogen-bond acceptors (Lipinski definition) is 8. The highest BCUT2D eigenvalue weighted by molar-refractivity contribution is 7.07. The van der Waals surface area contributed by atoms with Gasteiger partial charge in [-0.3, -0.25) is 19.5 Å². The third-order valence-corrected chi connectivity index (χ3v) is 7.16. The summed E-state index contributed by atoms with van der Waals surface area (Å²) in [5, 5.41) is 11.2. The average molecular weight is 550 g/mol. The lowest BCUT2D eigenvalue weighted by Crippen LogP contribution is -2.40. The molecule has 1 aliphatic heterocycles. The lowest BCUT2D eigenvalue weighted by atomic mass is 9.96. The number of ether oxygens (including phenoxy) is 2. The van der Waals surface area contributed by atoms with Gasteiger partial charge in [-0.25, -0.2) is 9.79 Å². The van der Waals surface area contributed by atoms with Gasteiger partial charge in [0.15, 0.2) is 4.80 Å². The number of non-ortho nitro benzene ring substituents is 1. The highest BCUT2D eigenvalue weighted by atomic mass is 32.1. The van der Waals surface area contributed by atoms with Gasteiger partial charge >= 0.3 is 5.97 Å². The van der Waals surface area contributed by atoms with Crippen molar-refractivity contribution in [1.82, 2.24) is 4.57 Å². The first-order valence-corrected chi connectivity index (χ1v) is 13.7. The Morgan fingerprint density at radius 3 is 2.62 bits per heavy atom. The predicted molar refractivity (Wildman–Crippen MR) is 150 cm³/mol. The van der Waals surface area contributed by atoms with Gasteiger partial charge in [0.1, 0.15) is 5.75 Å². The third-order valence-electron chi connectivity index (χ3n) is 6.18. The first kappa shape index (κ1) is 28.0. The van der Waals surface area contributed by atoms with E-state index in [9.17, 15) is 19.7 Å². The van der Waals surface area contributed by atoms with Gasteiger partial charge in [-0.05, 0) is 56.5 Å². The molecular formula is C29H31N3O6S. The number of thiazole rings is 1. The van der Waals surface area contributed by atoms with Crippen molar-refractivity contribution in [3.05, 3.63) is 101 Å². The summed E-state index contributed by atoms with van der Waals surface area (Å²) in [6.45, 7) is 8.01. The van der Waals surface area contributed by atoms with Crippen LogP contribution < -0.4 is 19.6 Å². The highest BCUT2D eigenvalue weighted by Crippen LogP contribution is 2.32. The van der Waals surface area contributed by atoms with Crippen molar-refractivity contribution in [1.29, 1.82) is 0 Å². The number of carbonyl (C=O) groups excluding carboxylic acids is 1. The van der Waals surface area contributed by atoms with Crippen molar-refractivity contribution in [2.45, 2.75) is 59.1 Å². The summed E-state index contributed by atoms with van der Waals surface area (Å²) in [6.07, 6.45) is 4.42. The minimum atomic E-state index is -0.756. The van der Waals surface area contributed by atoms with E-state index in [-0.39, 0.29) is 22.9 Å². The molecule has 0 amide bonds. The lowest BCUT2D eigenvalue weighted by Gasteiger charge is -2.25. The molecule has 0 fully saturated rings. The Kier molecular flexibility index (Phi) is 8.75. The Hall–Kier alpha value is -4.05. The van der Waals surface area contributed by atoms with Gasteiger partial charge in [-0.15, -0.1) is 0 Å². The average Bonchev–Trinajstić information content (AvgIpc) is 3.20. The smallest absolute Gasteiger partial charge is 0.338 e. The Labute approximate surface area is 229 Å². The van der Waals surface area contributed by atoms with Crippen LogP contribution in [0.5, 0.6) is 5.75 Å². The molecule has 0 N–H and O–H groups in total. The summed E-state index contributed by atoms with van der Waals surface area (Å²) in [5.41, 5.74) is 1.57. The minimum absolute atomic E-state index is 0.0685. The number of benzene rings is 2. The zero-order chi connectivity index (χ0) is 28.1. The van der Waals surface area contributed by atoms with Crippen LogP contribution in [0, 0.1) is 10.1 Å². The zero-order valence-corrected chi connectivity index (χ0v) is 23.2. The summed E-state index contributed by atoms with van der Waals surface area (Å²) in [7, 11) is 0.